The Balaban J connectivity index is 2.47. The van der Waals surface area contributed by atoms with Crippen LogP contribution in [0.25, 0.3) is 0 Å². The van der Waals surface area contributed by atoms with E-state index in [9.17, 15) is 9.90 Å². The summed E-state index contributed by atoms with van der Waals surface area (Å²) < 4.78 is 6.06. The number of methoxy groups -OCH3 is 1. The van der Waals surface area contributed by atoms with Crippen LogP contribution in [0, 0.1) is 5.92 Å². The SMILES string of the molecule is COc1ccc(CCC(=O)NC(CO)CC(C)C)cc1Br. The summed E-state index contributed by atoms with van der Waals surface area (Å²) >= 11 is 3.43. The number of hydrogen-bond acceptors (Lipinski definition) is 3. The minimum atomic E-state index is -0.153. The lowest BCUT2D eigenvalue weighted by Crippen LogP contribution is -2.38. The van der Waals surface area contributed by atoms with Crippen LogP contribution in [0.2, 0.25) is 0 Å². The molecule has 0 aliphatic heterocycles. The van der Waals surface area contributed by atoms with Crippen molar-refractivity contribution in [3.05, 3.63) is 28.2 Å². The molecule has 0 aliphatic carbocycles. The van der Waals surface area contributed by atoms with Gasteiger partial charge in [-0.05, 0) is 52.4 Å². The van der Waals surface area contributed by atoms with Crippen LogP contribution < -0.4 is 10.1 Å². The molecule has 1 atom stereocenters. The topological polar surface area (TPSA) is 58.6 Å². The van der Waals surface area contributed by atoms with E-state index in [4.69, 9.17) is 4.74 Å². The molecule has 1 aromatic carbocycles. The summed E-state index contributed by atoms with van der Waals surface area (Å²) in [5, 5.41) is 12.1. The van der Waals surface area contributed by atoms with Gasteiger partial charge in [-0.1, -0.05) is 19.9 Å². The van der Waals surface area contributed by atoms with Crippen LogP contribution in [0.3, 0.4) is 0 Å². The summed E-state index contributed by atoms with van der Waals surface area (Å²) in [6.45, 7) is 4.13. The zero-order valence-electron chi connectivity index (χ0n) is 12.9. The molecule has 0 aliphatic rings. The van der Waals surface area contributed by atoms with Crippen LogP contribution in [0.5, 0.6) is 5.75 Å². The van der Waals surface area contributed by atoms with E-state index in [1.807, 2.05) is 18.2 Å². The number of halogens is 1. The molecular weight excluding hydrogens is 334 g/mol. The summed E-state index contributed by atoms with van der Waals surface area (Å²) in [4.78, 5) is 11.9. The van der Waals surface area contributed by atoms with Crippen LogP contribution in [-0.2, 0) is 11.2 Å². The van der Waals surface area contributed by atoms with Gasteiger partial charge < -0.3 is 15.2 Å². The standard InChI is InChI=1S/C16H24BrNO3/c1-11(2)8-13(10-19)18-16(20)7-5-12-4-6-15(21-3)14(17)9-12/h4,6,9,11,13,19H,5,7-8,10H2,1-3H3,(H,18,20). The Morgan fingerprint density at radius 2 is 2.14 bits per heavy atom. The first kappa shape index (κ1) is 18.0. The molecule has 0 fully saturated rings. The number of hydrogen-bond donors (Lipinski definition) is 2. The first-order chi connectivity index (χ1) is 9.96. The molecule has 0 saturated carbocycles. The zero-order valence-corrected chi connectivity index (χ0v) is 14.4. The van der Waals surface area contributed by atoms with Crippen molar-refractivity contribution >= 4 is 21.8 Å². The third kappa shape index (κ3) is 6.48. The Bertz CT molecular complexity index is 463. The van der Waals surface area contributed by atoms with Crippen molar-refractivity contribution in [3.63, 3.8) is 0 Å². The highest BCUT2D eigenvalue weighted by atomic mass is 79.9. The molecule has 0 saturated heterocycles. The minimum Gasteiger partial charge on any atom is -0.496 e. The van der Waals surface area contributed by atoms with E-state index in [1.165, 1.54) is 0 Å². The lowest BCUT2D eigenvalue weighted by Gasteiger charge is -2.18. The summed E-state index contributed by atoms with van der Waals surface area (Å²) in [7, 11) is 1.62. The number of carbonyl (C=O) groups is 1. The van der Waals surface area contributed by atoms with Crippen LogP contribution in [0.1, 0.15) is 32.3 Å². The van der Waals surface area contributed by atoms with E-state index in [1.54, 1.807) is 7.11 Å². The Kier molecular flexibility index (Phi) is 7.75. The molecule has 0 aromatic heterocycles. The van der Waals surface area contributed by atoms with Crippen molar-refractivity contribution in [1.82, 2.24) is 5.32 Å². The molecule has 1 rings (SSSR count). The molecule has 1 amide bonds. The Morgan fingerprint density at radius 1 is 1.43 bits per heavy atom. The fraction of sp³-hybridized carbons (Fsp3) is 0.562. The predicted molar refractivity (Wildman–Crippen MR) is 87.5 cm³/mol. The van der Waals surface area contributed by atoms with Gasteiger partial charge in [0, 0.05) is 6.42 Å². The number of aliphatic hydroxyl groups is 1. The maximum absolute atomic E-state index is 11.9. The Morgan fingerprint density at radius 3 is 2.67 bits per heavy atom. The average Bonchev–Trinajstić information content (AvgIpc) is 2.44. The van der Waals surface area contributed by atoms with Gasteiger partial charge in [0.2, 0.25) is 5.91 Å². The fourth-order valence-electron chi connectivity index (χ4n) is 2.17. The molecule has 0 bridgehead atoms. The summed E-state index contributed by atoms with van der Waals surface area (Å²) in [6, 6.07) is 5.64. The normalized spacial score (nSPS) is 12.3. The second-order valence-electron chi connectivity index (χ2n) is 5.55. The average molecular weight is 358 g/mol. The third-order valence-corrected chi connectivity index (χ3v) is 3.82. The summed E-state index contributed by atoms with van der Waals surface area (Å²) in [5.41, 5.74) is 1.07. The second-order valence-corrected chi connectivity index (χ2v) is 6.40. The number of benzene rings is 1. The third-order valence-electron chi connectivity index (χ3n) is 3.20. The highest BCUT2D eigenvalue weighted by molar-refractivity contribution is 9.10. The molecule has 4 nitrogen and oxygen atoms in total. The number of carbonyl (C=O) groups excluding carboxylic acids is 1. The second kappa shape index (κ2) is 9.05. The van der Waals surface area contributed by atoms with Crippen molar-refractivity contribution < 1.29 is 14.6 Å². The fourth-order valence-corrected chi connectivity index (χ4v) is 2.76. The van der Waals surface area contributed by atoms with E-state index in [0.29, 0.717) is 18.8 Å². The molecule has 1 unspecified atom stereocenters. The Hall–Kier alpha value is -1.07. The lowest BCUT2D eigenvalue weighted by atomic mass is 10.0. The largest absolute Gasteiger partial charge is 0.496 e. The van der Waals surface area contributed by atoms with Gasteiger partial charge in [-0.15, -0.1) is 0 Å². The monoisotopic (exact) mass is 357 g/mol. The van der Waals surface area contributed by atoms with Crippen LogP contribution in [-0.4, -0.2) is 30.8 Å². The van der Waals surface area contributed by atoms with Gasteiger partial charge in [-0.2, -0.15) is 0 Å². The van der Waals surface area contributed by atoms with Gasteiger partial charge in [0.15, 0.2) is 0 Å². The first-order valence-corrected chi connectivity index (χ1v) is 7.98. The van der Waals surface area contributed by atoms with Gasteiger partial charge >= 0.3 is 0 Å². The van der Waals surface area contributed by atoms with Crippen molar-refractivity contribution in [1.29, 1.82) is 0 Å². The van der Waals surface area contributed by atoms with Gasteiger partial charge in [0.1, 0.15) is 5.75 Å². The number of ether oxygens (including phenoxy) is 1. The maximum atomic E-state index is 11.9. The molecule has 118 valence electrons. The maximum Gasteiger partial charge on any atom is 0.220 e. The summed E-state index contributed by atoms with van der Waals surface area (Å²) in [5.74, 6) is 1.20. The van der Waals surface area contributed by atoms with Crippen molar-refractivity contribution in [2.75, 3.05) is 13.7 Å². The smallest absolute Gasteiger partial charge is 0.220 e. The molecule has 1 aromatic rings. The van der Waals surface area contributed by atoms with Gasteiger partial charge in [0.05, 0.1) is 24.2 Å². The quantitative estimate of drug-likeness (QED) is 0.751. The highest BCUT2D eigenvalue weighted by Gasteiger charge is 2.13. The van der Waals surface area contributed by atoms with E-state index < -0.39 is 0 Å². The van der Waals surface area contributed by atoms with Crippen molar-refractivity contribution in [2.45, 2.75) is 39.2 Å². The molecule has 5 heteroatoms. The molecule has 0 spiro atoms. The van der Waals surface area contributed by atoms with E-state index >= 15 is 0 Å². The van der Waals surface area contributed by atoms with Crippen LogP contribution >= 0.6 is 15.9 Å². The van der Waals surface area contributed by atoms with Crippen molar-refractivity contribution in [2.24, 2.45) is 5.92 Å². The molecule has 0 radical (unpaired) electrons. The van der Waals surface area contributed by atoms with E-state index in [0.717, 1.165) is 22.2 Å². The summed E-state index contributed by atoms with van der Waals surface area (Å²) in [6.07, 6.45) is 1.86. The lowest BCUT2D eigenvalue weighted by molar-refractivity contribution is -0.122. The number of aryl methyl sites for hydroxylation is 1. The molecular formula is C16H24BrNO3. The van der Waals surface area contributed by atoms with E-state index in [2.05, 4.69) is 35.1 Å². The van der Waals surface area contributed by atoms with Crippen molar-refractivity contribution in [3.8, 4) is 5.75 Å². The van der Waals surface area contributed by atoms with Crippen LogP contribution in [0.15, 0.2) is 22.7 Å². The van der Waals surface area contributed by atoms with Gasteiger partial charge in [-0.25, -0.2) is 0 Å². The van der Waals surface area contributed by atoms with Crippen LogP contribution in [0.4, 0.5) is 0 Å². The molecule has 0 heterocycles. The van der Waals surface area contributed by atoms with E-state index in [-0.39, 0.29) is 18.6 Å². The van der Waals surface area contributed by atoms with Gasteiger partial charge in [0.25, 0.3) is 0 Å². The molecule has 21 heavy (non-hydrogen) atoms. The minimum absolute atomic E-state index is 0.0159. The molecule has 2 N–H and O–H groups in total. The zero-order chi connectivity index (χ0) is 15.8. The highest BCUT2D eigenvalue weighted by Crippen LogP contribution is 2.25. The van der Waals surface area contributed by atoms with Gasteiger partial charge in [-0.3, -0.25) is 4.79 Å². The first-order valence-electron chi connectivity index (χ1n) is 7.18. The number of nitrogens with one attached hydrogen (secondary N) is 1. The number of aliphatic hydroxyl groups excluding tert-OH is 1. The number of amides is 1. The Labute approximate surface area is 135 Å². The number of rotatable bonds is 8. The predicted octanol–water partition coefficient (Wildman–Crippen LogP) is 2.91.